The van der Waals surface area contributed by atoms with Gasteiger partial charge in [0.15, 0.2) is 0 Å². The van der Waals surface area contributed by atoms with Crippen molar-refractivity contribution in [2.24, 2.45) is 5.41 Å². The van der Waals surface area contributed by atoms with Crippen LogP contribution in [0.1, 0.15) is 27.2 Å². The first-order chi connectivity index (χ1) is 7.12. The lowest BCUT2D eigenvalue weighted by Gasteiger charge is -2.30. The normalized spacial score (nSPS) is 13.4. The smallest absolute Gasteiger partial charge is 0.329 e. The van der Waals surface area contributed by atoms with Crippen LogP contribution in [0.25, 0.3) is 0 Å². The van der Waals surface area contributed by atoms with E-state index in [2.05, 4.69) is 10.7 Å². The number of carbonyl (C=O) groups excluding carboxylic acids is 1. The number of aliphatic carboxylic acids is 1. The Kier molecular flexibility index (Phi) is 5.23. The van der Waals surface area contributed by atoms with Gasteiger partial charge in [0.2, 0.25) is 0 Å². The van der Waals surface area contributed by atoms with Crippen LogP contribution in [0.15, 0.2) is 0 Å². The van der Waals surface area contributed by atoms with E-state index in [-0.39, 0.29) is 11.8 Å². The molecule has 0 aliphatic carbocycles. The number of carboxylic acids is 1. The molecule has 0 saturated heterocycles. The minimum atomic E-state index is -0.926. The van der Waals surface area contributed by atoms with Crippen LogP contribution in [0.5, 0.6) is 0 Å². The van der Waals surface area contributed by atoms with Gasteiger partial charge in [-0.05, 0) is 5.41 Å². The second kappa shape index (κ2) is 5.69. The molecule has 2 amide bonds. The highest BCUT2D eigenvalue weighted by Gasteiger charge is 2.28. The molecule has 1 atom stereocenters. The summed E-state index contributed by atoms with van der Waals surface area (Å²) in [7, 11) is 3.37. The van der Waals surface area contributed by atoms with E-state index in [9.17, 15) is 9.59 Å². The molecule has 0 saturated carbocycles. The second-order valence-electron chi connectivity index (χ2n) is 5.00. The first-order valence-electron chi connectivity index (χ1n) is 5.09. The molecule has 0 spiro atoms. The standard InChI is InChI=1S/C10H21N3O3/c1-10(2,3)7(6-8(14)15)11-9(16)12-13(4)5/h7H,6H2,1-5H3,(H,14,15)(H2,11,12,16). The number of amides is 2. The van der Waals surface area contributed by atoms with Gasteiger partial charge in [-0.25, -0.2) is 9.80 Å². The van der Waals surface area contributed by atoms with Crippen molar-refractivity contribution in [1.82, 2.24) is 15.8 Å². The molecule has 0 aromatic rings. The molecule has 16 heavy (non-hydrogen) atoms. The van der Waals surface area contributed by atoms with Crippen molar-refractivity contribution in [1.29, 1.82) is 0 Å². The second-order valence-corrected chi connectivity index (χ2v) is 5.00. The van der Waals surface area contributed by atoms with E-state index in [1.165, 1.54) is 5.01 Å². The van der Waals surface area contributed by atoms with Gasteiger partial charge >= 0.3 is 12.0 Å². The SMILES string of the molecule is CN(C)NC(=O)NC(CC(=O)O)C(C)(C)C. The Morgan fingerprint density at radius 1 is 1.31 bits per heavy atom. The Labute approximate surface area is 96.0 Å². The molecule has 0 bridgehead atoms. The maximum atomic E-state index is 11.4. The number of nitrogens with zero attached hydrogens (tertiary/aromatic N) is 1. The topological polar surface area (TPSA) is 81.7 Å². The molecule has 0 heterocycles. The highest BCUT2D eigenvalue weighted by molar-refractivity contribution is 5.75. The third-order valence-electron chi connectivity index (χ3n) is 2.05. The van der Waals surface area contributed by atoms with Crippen LogP contribution in [0.2, 0.25) is 0 Å². The number of hydrogen-bond donors (Lipinski definition) is 3. The fraction of sp³-hybridized carbons (Fsp3) is 0.800. The zero-order valence-electron chi connectivity index (χ0n) is 10.5. The largest absolute Gasteiger partial charge is 0.481 e. The summed E-state index contributed by atoms with van der Waals surface area (Å²) in [6.45, 7) is 5.66. The molecule has 0 fully saturated rings. The predicted octanol–water partition coefficient (Wildman–Crippen LogP) is 0.652. The van der Waals surface area contributed by atoms with E-state index >= 15 is 0 Å². The van der Waals surface area contributed by atoms with E-state index in [0.29, 0.717) is 0 Å². The van der Waals surface area contributed by atoms with Gasteiger partial charge in [-0.2, -0.15) is 0 Å². The third-order valence-corrected chi connectivity index (χ3v) is 2.05. The molecule has 6 heteroatoms. The molecule has 0 aliphatic rings. The Hall–Kier alpha value is -1.30. The van der Waals surface area contributed by atoms with Crippen molar-refractivity contribution in [3.63, 3.8) is 0 Å². The van der Waals surface area contributed by atoms with E-state index in [0.717, 1.165) is 0 Å². The molecule has 0 rings (SSSR count). The van der Waals surface area contributed by atoms with Crippen LogP contribution in [0.3, 0.4) is 0 Å². The highest BCUT2D eigenvalue weighted by Crippen LogP contribution is 2.21. The number of carbonyl (C=O) groups is 2. The number of hydrogen-bond acceptors (Lipinski definition) is 3. The van der Waals surface area contributed by atoms with Gasteiger partial charge < -0.3 is 10.4 Å². The van der Waals surface area contributed by atoms with E-state index in [1.54, 1.807) is 14.1 Å². The van der Waals surface area contributed by atoms with Gasteiger partial charge in [0.25, 0.3) is 0 Å². The van der Waals surface area contributed by atoms with Crippen LogP contribution < -0.4 is 10.7 Å². The number of urea groups is 1. The van der Waals surface area contributed by atoms with E-state index in [4.69, 9.17) is 5.11 Å². The Balaban J connectivity index is 4.44. The Morgan fingerprint density at radius 2 is 1.81 bits per heavy atom. The van der Waals surface area contributed by atoms with Gasteiger partial charge in [0.1, 0.15) is 0 Å². The summed E-state index contributed by atoms with van der Waals surface area (Å²) in [5.41, 5.74) is 2.21. The molecule has 0 aromatic carbocycles. The number of rotatable bonds is 4. The lowest BCUT2D eigenvalue weighted by atomic mass is 9.85. The lowest BCUT2D eigenvalue weighted by Crippen LogP contribution is -2.51. The molecular formula is C10H21N3O3. The summed E-state index contributed by atoms with van der Waals surface area (Å²) in [6.07, 6.45) is -0.0929. The fourth-order valence-electron chi connectivity index (χ4n) is 1.14. The van der Waals surface area contributed by atoms with Crippen LogP contribution in [-0.4, -0.2) is 42.3 Å². The fourth-order valence-corrected chi connectivity index (χ4v) is 1.14. The van der Waals surface area contributed by atoms with Gasteiger partial charge in [-0.15, -0.1) is 0 Å². The average Bonchev–Trinajstić information content (AvgIpc) is 1.98. The van der Waals surface area contributed by atoms with Crippen LogP contribution in [-0.2, 0) is 4.79 Å². The molecule has 0 aliphatic heterocycles. The molecule has 94 valence electrons. The summed E-state index contributed by atoms with van der Waals surface area (Å²) in [6, 6.07) is -0.809. The van der Waals surface area contributed by atoms with Crippen LogP contribution >= 0.6 is 0 Å². The number of carboxylic acid groups (broad SMARTS) is 1. The average molecular weight is 231 g/mol. The summed E-state index contributed by atoms with van der Waals surface area (Å²) in [5.74, 6) is -0.926. The monoisotopic (exact) mass is 231 g/mol. The summed E-state index contributed by atoms with van der Waals surface area (Å²) in [4.78, 5) is 22.1. The first-order valence-corrected chi connectivity index (χ1v) is 5.09. The third kappa shape index (κ3) is 6.23. The zero-order valence-corrected chi connectivity index (χ0v) is 10.5. The van der Waals surface area contributed by atoms with Crippen LogP contribution in [0, 0.1) is 5.41 Å². The quantitative estimate of drug-likeness (QED) is 0.620. The van der Waals surface area contributed by atoms with Gasteiger partial charge in [-0.1, -0.05) is 20.8 Å². The van der Waals surface area contributed by atoms with Gasteiger partial charge in [-0.3, -0.25) is 10.2 Å². The van der Waals surface area contributed by atoms with Crippen molar-refractivity contribution >= 4 is 12.0 Å². The van der Waals surface area contributed by atoms with Crippen molar-refractivity contribution < 1.29 is 14.7 Å². The first kappa shape index (κ1) is 14.7. The minimum absolute atomic E-state index is 0.0929. The van der Waals surface area contributed by atoms with Gasteiger partial charge in [0, 0.05) is 20.1 Å². The van der Waals surface area contributed by atoms with E-state index < -0.39 is 18.0 Å². The molecule has 3 N–H and O–H groups in total. The summed E-state index contributed by atoms with van der Waals surface area (Å²) < 4.78 is 0. The van der Waals surface area contributed by atoms with Crippen molar-refractivity contribution in [3.05, 3.63) is 0 Å². The van der Waals surface area contributed by atoms with Crippen LogP contribution in [0.4, 0.5) is 4.79 Å². The highest BCUT2D eigenvalue weighted by atomic mass is 16.4. The van der Waals surface area contributed by atoms with Gasteiger partial charge in [0.05, 0.1) is 6.42 Å². The molecule has 1 unspecified atom stereocenters. The number of nitrogens with one attached hydrogen (secondary N) is 2. The lowest BCUT2D eigenvalue weighted by molar-refractivity contribution is -0.138. The minimum Gasteiger partial charge on any atom is -0.481 e. The Morgan fingerprint density at radius 3 is 2.12 bits per heavy atom. The molecule has 0 radical (unpaired) electrons. The van der Waals surface area contributed by atoms with Crippen molar-refractivity contribution in [2.75, 3.05) is 14.1 Å². The molecular weight excluding hydrogens is 210 g/mol. The predicted molar refractivity (Wildman–Crippen MR) is 60.9 cm³/mol. The molecule has 6 nitrogen and oxygen atoms in total. The van der Waals surface area contributed by atoms with Crippen molar-refractivity contribution in [3.8, 4) is 0 Å². The van der Waals surface area contributed by atoms with E-state index in [1.807, 2.05) is 20.8 Å². The maximum absolute atomic E-state index is 11.4. The van der Waals surface area contributed by atoms with Crippen molar-refractivity contribution in [2.45, 2.75) is 33.2 Å². The number of hydrazine groups is 1. The molecule has 0 aromatic heterocycles. The maximum Gasteiger partial charge on any atom is 0.329 e. The Bertz CT molecular complexity index is 259. The summed E-state index contributed by atoms with van der Waals surface area (Å²) >= 11 is 0. The summed E-state index contributed by atoms with van der Waals surface area (Å²) in [5, 5.41) is 12.9. The zero-order chi connectivity index (χ0) is 12.9.